The highest BCUT2D eigenvalue weighted by molar-refractivity contribution is 14.0. The van der Waals surface area contributed by atoms with Crippen molar-refractivity contribution in [1.29, 1.82) is 0 Å². The molecule has 1 aliphatic heterocycles. The quantitative estimate of drug-likeness (QED) is 0.593. The summed E-state index contributed by atoms with van der Waals surface area (Å²) in [7, 11) is 1.74. The van der Waals surface area contributed by atoms with Crippen LogP contribution in [0, 0.1) is 0 Å². The number of fused-ring (bicyclic) bond motifs is 3. The van der Waals surface area contributed by atoms with Crippen molar-refractivity contribution in [3.63, 3.8) is 0 Å². The molecule has 0 radical (unpaired) electrons. The van der Waals surface area contributed by atoms with Crippen LogP contribution in [-0.4, -0.2) is 23.1 Å². The molecule has 23 heavy (non-hydrogen) atoms. The minimum absolute atomic E-state index is 0. The molecule has 3 rings (SSSR count). The van der Waals surface area contributed by atoms with Gasteiger partial charge >= 0.3 is 0 Å². The maximum atomic E-state index is 5.44. The molecule has 1 aromatic heterocycles. The summed E-state index contributed by atoms with van der Waals surface area (Å²) >= 11 is 0. The van der Waals surface area contributed by atoms with Crippen LogP contribution in [0.3, 0.4) is 0 Å². The lowest BCUT2D eigenvalue weighted by Crippen LogP contribution is -2.26. The first-order valence-corrected chi connectivity index (χ1v) is 8.35. The first kappa shape index (κ1) is 18.2. The average Bonchev–Trinajstić information content (AvgIpc) is 2.87. The Morgan fingerprint density at radius 2 is 2.00 bits per heavy atom. The van der Waals surface area contributed by atoms with Crippen LogP contribution >= 0.6 is 24.0 Å². The third-order valence-corrected chi connectivity index (χ3v) is 4.78. The Hall–Kier alpha value is -1.17. The van der Waals surface area contributed by atoms with Gasteiger partial charge in [0, 0.05) is 42.0 Å². The predicted molar refractivity (Wildman–Crippen MR) is 109 cm³/mol. The van der Waals surface area contributed by atoms with E-state index < -0.39 is 0 Å². The molecule has 1 aliphatic rings. The highest BCUT2D eigenvalue weighted by atomic mass is 127. The van der Waals surface area contributed by atoms with Crippen molar-refractivity contribution < 1.29 is 4.74 Å². The molecule has 2 heterocycles. The van der Waals surface area contributed by atoms with Crippen molar-refractivity contribution >= 4 is 41.0 Å². The largest absolute Gasteiger partial charge is 0.497 e. The van der Waals surface area contributed by atoms with Gasteiger partial charge in [-0.3, -0.25) is 0 Å². The number of unbranched alkanes of at least 4 members (excludes halogenated alkanes) is 1. The molecule has 1 unspecified atom stereocenters. The maximum Gasteiger partial charge on any atom is 0.120 e. The predicted octanol–water partition coefficient (Wildman–Crippen LogP) is 5.44. The van der Waals surface area contributed by atoms with Crippen molar-refractivity contribution in [2.75, 3.05) is 13.7 Å². The zero-order valence-corrected chi connectivity index (χ0v) is 16.8. The highest BCUT2D eigenvalue weighted by Crippen LogP contribution is 2.38. The number of aromatic nitrogens is 1. The molecule has 0 bridgehead atoms. The highest BCUT2D eigenvalue weighted by Gasteiger charge is 2.25. The maximum absolute atomic E-state index is 5.44. The summed E-state index contributed by atoms with van der Waals surface area (Å²) < 4.78 is 7.95. The number of rotatable bonds is 5. The van der Waals surface area contributed by atoms with E-state index in [0.717, 1.165) is 18.8 Å². The topological polar surface area (TPSA) is 17.4 Å². The van der Waals surface area contributed by atoms with Crippen LogP contribution in [0.5, 0.6) is 5.75 Å². The summed E-state index contributed by atoms with van der Waals surface area (Å²) in [5.74, 6) is 0.934. The van der Waals surface area contributed by atoms with Gasteiger partial charge in [0.05, 0.1) is 18.7 Å². The standard InChI is InChI=1S/C19H26N2O.HI/c1-5-7-11-21-18-13-15(22-4)8-9-16(18)17-10-12-20(6-2)14(3)19(17)21;/h8-10,12-14H,5-7,11H2,1-4H3;1H. The number of halogens is 1. The fourth-order valence-electron chi connectivity index (χ4n) is 3.52. The van der Waals surface area contributed by atoms with Crippen molar-refractivity contribution in [2.45, 2.75) is 46.2 Å². The fraction of sp³-hybridized carbons (Fsp3) is 0.474. The number of methoxy groups -OCH3 is 1. The Bertz CT molecular complexity index is 705. The van der Waals surface area contributed by atoms with Crippen LogP contribution in [0.2, 0.25) is 0 Å². The van der Waals surface area contributed by atoms with E-state index >= 15 is 0 Å². The van der Waals surface area contributed by atoms with Crippen molar-refractivity contribution in [3.05, 3.63) is 35.7 Å². The molecule has 1 aromatic carbocycles. The molecule has 2 aromatic rings. The van der Waals surface area contributed by atoms with Crippen LogP contribution in [0.1, 0.15) is 50.9 Å². The lowest BCUT2D eigenvalue weighted by Gasteiger charge is -2.31. The second kappa shape index (κ2) is 7.60. The van der Waals surface area contributed by atoms with Gasteiger partial charge in [0.1, 0.15) is 5.75 Å². The number of nitrogens with zero attached hydrogens (tertiary/aromatic N) is 2. The van der Waals surface area contributed by atoms with Crippen LogP contribution in [-0.2, 0) is 6.54 Å². The van der Waals surface area contributed by atoms with Crippen molar-refractivity contribution in [3.8, 4) is 5.75 Å². The number of hydrogen-bond acceptors (Lipinski definition) is 2. The van der Waals surface area contributed by atoms with E-state index in [4.69, 9.17) is 4.74 Å². The zero-order chi connectivity index (χ0) is 15.7. The summed E-state index contributed by atoms with van der Waals surface area (Å²) in [5.41, 5.74) is 4.12. The number of ether oxygens (including phenoxy) is 1. The van der Waals surface area contributed by atoms with E-state index in [1.165, 1.54) is 35.0 Å². The fourth-order valence-corrected chi connectivity index (χ4v) is 3.52. The molecule has 0 aliphatic carbocycles. The van der Waals surface area contributed by atoms with Gasteiger partial charge in [0.2, 0.25) is 0 Å². The molecule has 0 spiro atoms. The molecular formula is C19H27IN2O. The second-order valence-corrected chi connectivity index (χ2v) is 6.01. The SMILES string of the molecule is CCCCn1c2c(c3ccc(OC)cc31)C=CN(CC)C2C.I. The Kier molecular flexibility index (Phi) is 6.00. The van der Waals surface area contributed by atoms with E-state index in [0.29, 0.717) is 6.04 Å². The lowest BCUT2D eigenvalue weighted by molar-refractivity contribution is 0.298. The smallest absolute Gasteiger partial charge is 0.120 e. The summed E-state index contributed by atoms with van der Waals surface area (Å²) in [6.07, 6.45) is 6.92. The zero-order valence-electron chi connectivity index (χ0n) is 14.5. The van der Waals surface area contributed by atoms with Crippen LogP contribution < -0.4 is 4.74 Å². The summed E-state index contributed by atoms with van der Waals surface area (Å²) in [5, 5.41) is 1.34. The molecule has 0 N–H and O–H groups in total. The van der Waals surface area contributed by atoms with E-state index in [1.807, 2.05) is 0 Å². The van der Waals surface area contributed by atoms with Gasteiger partial charge in [-0.1, -0.05) is 13.3 Å². The molecular weight excluding hydrogens is 399 g/mol. The third kappa shape index (κ3) is 3.10. The van der Waals surface area contributed by atoms with Crippen molar-refractivity contribution in [2.24, 2.45) is 0 Å². The van der Waals surface area contributed by atoms with Gasteiger partial charge in [-0.15, -0.1) is 24.0 Å². The Balaban J connectivity index is 0.00000192. The van der Waals surface area contributed by atoms with Gasteiger partial charge in [-0.05, 0) is 38.5 Å². The summed E-state index contributed by atoms with van der Waals surface area (Å²) in [6.45, 7) is 8.89. The molecule has 126 valence electrons. The first-order chi connectivity index (χ1) is 10.7. The van der Waals surface area contributed by atoms with Crippen molar-refractivity contribution in [1.82, 2.24) is 9.47 Å². The Labute approximate surface area is 156 Å². The van der Waals surface area contributed by atoms with Crippen LogP contribution in [0.15, 0.2) is 24.4 Å². The van der Waals surface area contributed by atoms with Gasteiger partial charge in [0.25, 0.3) is 0 Å². The summed E-state index contributed by atoms with van der Waals surface area (Å²) in [4.78, 5) is 2.40. The number of hydrogen-bond donors (Lipinski definition) is 0. The molecule has 4 heteroatoms. The molecule has 1 atom stereocenters. The van der Waals surface area contributed by atoms with Gasteiger partial charge < -0.3 is 14.2 Å². The molecule has 3 nitrogen and oxygen atoms in total. The molecule has 0 amide bonds. The normalized spacial score (nSPS) is 16.3. The van der Waals surface area contributed by atoms with Crippen LogP contribution in [0.25, 0.3) is 17.0 Å². The Morgan fingerprint density at radius 1 is 1.22 bits per heavy atom. The average molecular weight is 426 g/mol. The monoisotopic (exact) mass is 426 g/mol. The van der Waals surface area contributed by atoms with E-state index in [-0.39, 0.29) is 24.0 Å². The minimum Gasteiger partial charge on any atom is -0.497 e. The van der Waals surface area contributed by atoms with E-state index in [1.54, 1.807) is 7.11 Å². The van der Waals surface area contributed by atoms with E-state index in [9.17, 15) is 0 Å². The van der Waals surface area contributed by atoms with Gasteiger partial charge in [-0.25, -0.2) is 0 Å². The van der Waals surface area contributed by atoms with Crippen LogP contribution in [0.4, 0.5) is 0 Å². The van der Waals surface area contributed by atoms with Gasteiger partial charge in [0.15, 0.2) is 0 Å². The Morgan fingerprint density at radius 3 is 2.65 bits per heavy atom. The molecule has 0 saturated carbocycles. The number of benzene rings is 1. The lowest BCUT2D eigenvalue weighted by atomic mass is 10.0. The first-order valence-electron chi connectivity index (χ1n) is 8.35. The summed E-state index contributed by atoms with van der Waals surface area (Å²) in [6, 6.07) is 6.87. The number of aryl methyl sites for hydroxylation is 1. The van der Waals surface area contributed by atoms with E-state index in [2.05, 4.69) is 60.7 Å². The second-order valence-electron chi connectivity index (χ2n) is 6.01. The van der Waals surface area contributed by atoms with Gasteiger partial charge in [-0.2, -0.15) is 0 Å². The molecule has 0 fully saturated rings. The third-order valence-electron chi connectivity index (χ3n) is 4.78. The molecule has 0 saturated heterocycles. The minimum atomic E-state index is 0.